The third kappa shape index (κ3) is 4.65. The van der Waals surface area contributed by atoms with Crippen LogP contribution in [0.25, 0.3) is 10.6 Å². The van der Waals surface area contributed by atoms with Crippen LogP contribution in [-0.2, 0) is 0 Å². The van der Waals surface area contributed by atoms with Gasteiger partial charge in [-0.2, -0.15) is 5.26 Å². The van der Waals surface area contributed by atoms with Gasteiger partial charge in [0, 0.05) is 17.3 Å². The molecule has 0 fully saturated rings. The van der Waals surface area contributed by atoms with Crippen LogP contribution in [-0.4, -0.2) is 31.7 Å². The molecule has 0 saturated heterocycles. The van der Waals surface area contributed by atoms with Gasteiger partial charge >= 0.3 is 0 Å². The number of ether oxygens (including phenoxy) is 3. The average Bonchev–Trinajstić information content (AvgIpc) is 3.13. The first-order valence-electron chi connectivity index (χ1n) is 8.66. The molecule has 29 heavy (non-hydrogen) atoms. The Balaban J connectivity index is 1.82. The molecule has 0 atom stereocenters. The highest BCUT2D eigenvalue weighted by molar-refractivity contribution is 7.17. The number of nitrogens with zero attached hydrogens (tertiary/aromatic N) is 2. The van der Waals surface area contributed by atoms with Gasteiger partial charge in [0.25, 0.3) is 5.91 Å². The van der Waals surface area contributed by atoms with Crippen molar-refractivity contribution in [1.82, 2.24) is 4.98 Å². The summed E-state index contributed by atoms with van der Waals surface area (Å²) in [5.41, 5.74) is 2.04. The van der Waals surface area contributed by atoms with E-state index < -0.39 is 0 Å². The molecular formula is C21H19N3O4S. The number of hydrogen-bond acceptors (Lipinski definition) is 7. The summed E-state index contributed by atoms with van der Waals surface area (Å²) in [6.45, 7) is 1.74. The molecule has 8 heteroatoms. The normalized spacial score (nSPS) is 10.1. The third-order valence-electron chi connectivity index (χ3n) is 4.03. The van der Waals surface area contributed by atoms with E-state index >= 15 is 0 Å². The molecule has 0 aliphatic carbocycles. The zero-order valence-electron chi connectivity index (χ0n) is 16.2. The molecular weight excluding hydrogens is 390 g/mol. The summed E-state index contributed by atoms with van der Waals surface area (Å²) in [5, 5.41) is 12.2. The zero-order valence-corrected chi connectivity index (χ0v) is 17.0. The Morgan fingerprint density at radius 3 is 2.69 bits per heavy atom. The van der Waals surface area contributed by atoms with Crippen molar-refractivity contribution in [1.29, 1.82) is 5.26 Å². The maximum atomic E-state index is 12.7. The Hall–Kier alpha value is -3.57. The molecule has 7 nitrogen and oxygen atoms in total. The summed E-state index contributed by atoms with van der Waals surface area (Å²) >= 11 is 1.30. The number of aryl methyl sites for hydroxylation is 1. The third-order valence-corrected chi connectivity index (χ3v) is 5.23. The van der Waals surface area contributed by atoms with Crippen LogP contribution in [0.15, 0.2) is 42.5 Å². The van der Waals surface area contributed by atoms with Crippen molar-refractivity contribution in [2.75, 3.05) is 26.1 Å². The lowest BCUT2D eigenvalue weighted by atomic mass is 10.2. The predicted octanol–water partition coefficient (Wildman–Crippen LogP) is 4.29. The maximum absolute atomic E-state index is 12.7. The van der Waals surface area contributed by atoms with Crippen molar-refractivity contribution >= 4 is 22.9 Å². The number of amides is 1. The van der Waals surface area contributed by atoms with E-state index in [1.54, 1.807) is 51.5 Å². The van der Waals surface area contributed by atoms with Crippen LogP contribution in [0, 0.1) is 18.3 Å². The van der Waals surface area contributed by atoms with Gasteiger partial charge in [-0.25, -0.2) is 4.98 Å². The molecule has 0 aliphatic rings. The minimum Gasteiger partial charge on any atom is -0.493 e. The first kappa shape index (κ1) is 20.2. The van der Waals surface area contributed by atoms with Crippen LogP contribution in [0.2, 0.25) is 0 Å². The van der Waals surface area contributed by atoms with Crippen LogP contribution in [0.1, 0.15) is 15.4 Å². The van der Waals surface area contributed by atoms with Crippen LogP contribution in [0.3, 0.4) is 0 Å². The van der Waals surface area contributed by atoms with Crippen LogP contribution in [0.4, 0.5) is 5.69 Å². The van der Waals surface area contributed by atoms with Crippen LogP contribution < -0.4 is 19.5 Å². The lowest BCUT2D eigenvalue weighted by Crippen LogP contribution is -2.11. The molecule has 1 N–H and O–H groups in total. The Labute approximate surface area is 172 Å². The molecule has 1 amide bonds. The smallest absolute Gasteiger partial charge is 0.267 e. The number of methoxy groups -OCH3 is 2. The number of carbonyl (C=O) groups is 1. The summed E-state index contributed by atoms with van der Waals surface area (Å²) in [7, 11) is 3.15. The van der Waals surface area contributed by atoms with Gasteiger partial charge in [0.1, 0.15) is 21.7 Å². The number of nitrogens with one attached hydrogen (secondary N) is 1. The number of anilines is 1. The molecule has 0 saturated carbocycles. The highest BCUT2D eigenvalue weighted by atomic mass is 32.1. The first-order chi connectivity index (χ1) is 14.0. The summed E-state index contributed by atoms with van der Waals surface area (Å²) in [6.07, 6.45) is 0. The molecule has 0 spiro atoms. The fraction of sp³-hybridized carbons (Fsp3) is 0.190. The van der Waals surface area contributed by atoms with Crippen molar-refractivity contribution in [3.05, 3.63) is 53.0 Å². The van der Waals surface area contributed by atoms with Crippen molar-refractivity contribution in [2.24, 2.45) is 0 Å². The van der Waals surface area contributed by atoms with Gasteiger partial charge in [-0.1, -0.05) is 6.07 Å². The molecule has 1 aromatic heterocycles. The number of hydrogen-bond donors (Lipinski definition) is 1. The minimum absolute atomic E-state index is 0.0555. The number of benzene rings is 2. The van der Waals surface area contributed by atoms with Gasteiger partial charge in [-0.05, 0) is 37.3 Å². The summed E-state index contributed by atoms with van der Waals surface area (Å²) in [4.78, 5) is 17.8. The number of carbonyl (C=O) groups excluding carboxylic acids is 1. The molecule has 0 unspecified atom stereocenters. The van der Waals surface area contributed by atoms with E-state index in [1.807, 2.05) is 18.2 Å². The van der Waals surface area contributed by atoms with Gasteiger partial charge in [0.15, 0.2) is 18.1 Å². The average molecular weight is 409 g/mol. The monoisotopic (exact) mass is 409 g/mol. The summed E-state index contributed by atoms with van der Waals surface area (Å²) in [5.74, 6) is 1.47. The summed E-state index contributed by atoms with van der Waals surface area (Å²) < 4.78 is 15.9. The summed E-state index contributed by atoms with van der Waals surface area (Å²) in [6, 6.07) is 14.3. The molecule has 0 bridgehead atoms. The standard InChI is InChI=1S/C21H19N3O4S/c1-13-19(20(25)24-15-5-4-6-16(12-15)28-10-9-22)29-21(23-13)14-7-8-17(26-2)18(11-14)27-3/h4-8,11-12H,10H2,1-3H3,(H,24,25). The Bertz CT molecular complexity index is 1070. The van der Waals surface area contributed by atoms with E-state index in [9.17, 15) is 4.79 Å². The van der Waals surface area contributed by atoms with Gasteiger partial charge in [0.2, 0.25) is 0 Å². The Morgan fingerprint density at radius 1 is 1.17 bits per heavy atom. The molecule has 0 radical (unpaired) electrons. The highest BCUT2D eigenvalue weighted by Gasteiger charge is 2.18. The van der Waals surface area contributed by atoms with E-state index in [-0.39, 0.29) is 12.5 Å². The van der Waals surface area contributed by atoms with Crippen molar-refractivity contribution in [2.45, 2.75) is 6.92 Å². The lowest BCUT2D eigenvalue weighted by Gasteiger charge is -2.08. The molecule has 0 aliphatic heterocycles. The zero-order chi connectivity index (χ0) is 20.8. The first-order valence-corrected chi connectivity index (χ1v) is 9.48. The fourth-order valence-corrected chi connectivity index (χ4v) is 3.62. The van der Waals surface area contributed by atoms with E-state index in [0.717, 1.165) is 5.56 Å². The number of thiazole rings is 1. The van der Waals surface area contributed by atoms with Gasteiger partial charge < -0.3 is 19.5 Å². The van der Waals surface area contributed by atoms with E-state index in [1.165, 1.54) is 11.3 Å². The second-order valence-corrected chi connectivity index (χ2v) is 6.93. The topological polar surface area (TPSA) is 93.5 Å². The maximum Gasteiger partial charge on any atom is 0.267 e. The second kappa shape index (κ2) is 9.08. The number of nitriles is 1. The quantitative estimate of drug-likeness (QED) is 0.626. The predicted molar refractivity (Wildman–Crippen MR) is 111 cm³/mol. The minimum atomic E-state index is -0.260. The largest absolute Gasteiger partial charge is 0.493 e. The molecule has 148 valence electrons. The molecule has 1 heterocycles. The van der Waals surface area contributed by atoms with Crippen molar-refractivity contribution < 1.29 is 19.0 Å². The van der Waals surface area contributed by atoms with Crippen molar-refractivity contribution in [3.63, 3.8) is 0 Å². The molecule has 2 aromatic carbocycles. The van der Waals surface area contributed by atoms with Gasteiger partial charge in [0.05, 0.1) is 19.9 Å². The van der Waals surface area contributed by atoms with Gasteiger partial charge in [-0.15, -0.1) is 11.3 Å². The van der Waals surface area contributed by atoms with Crippen LogP contribution >= 0.6 is 11.3 Å². The van der Waals surface area contributed by atoms with E-state index in [2.05, 4.69) is 10.3 Å². The lowest BCUT2D eigenvalue weighted by molar-refractivity contribution is 0.103. The van der Waals surface area contributed by atoms with E-state index in [0.29, 0.717) is 38.5 Å². The van der Waals surface area contributed by atoms with Crippen molar-refractivity contribution in [3.8, 4) is 33.9 Å². The van der Waals surface area contributed by atoms with E-state index in [4.69, 9.17) is 19.5 Å². The second-order valence-electron chi connectivity index (χ2n) is 5.93. The van der Waals surface area contributed by atoms with Gasteiger partial charge in [-0.3, -0.25) is 4.79 Å². The number of aromatic nitrogens is 1. The highest BCUT2D eigenvalue weighted by Crippen LogP contribution is 2.35. The Kier molecular flexibility index (Phi) is 6.32. The SMILES string of the molecule is COc1ccc(-c2nc(C)c(C(=O)Nc3cccc(OCC#N)c3)s2)cc1OC. The molecule has 3 rings (SSSR count). The fourth-order valence-electron chi connectivity index (χ4n) is 2.67. The molecule has 3 aromatic rings. The Morgan fingerprint density at radius 2 is 1.97 bits per heavy atom. The van der Waals surface area contributed by atoms with Crippen LogP contribution in [0.5, 0.6) is 17.2 Å². The number of rotatable bonds is 7.